The van der Waals surface area contributed by atoms with Crippen LogP contribution in [0, 0.1) is 0 Å². The van der Waals surface area contributed by atoms with Crippen molar-refractivity contribution in [2.75, 3.05) is 0 Å². The van der Waals surface area contributed by atoms with Crippen molar-refractivity contribution >= 4 is 0 Å². The molecule has 3 rings (SSSR count). The lowest BCUT2D eigenvalue weighted by Crippen LogP contribution is -2.18. The van der Waals surface area contributed by atoms with E-state index in [2.05, 4.69) is 52.0 Å². The number of benzene rings is 3. The molecule has 0 aliphatic rings. The molecule has 0 spiro atoms. The fourth-order valence-corrected chi connectivity index (χ4v) is 2.88. The highest BCUT2D eigenvalue weighted by Gasteiger charge is 2.22. The summed E-state index contributed by atoms with van der Waals surface area (Å²) >= 11 is 0. The molecule has 0 saturated carbocycles. The summed E-state index contributed by atoms with van der Waals surface area (Å²) in [6.07, 6.45) is 0. The second-order valence-corrected chi connectivity index (χ2v) is 7.25. The molecule has 0 aromatic heterocycles. The van der Waals surface area contributed by atoms with E-state index in [1.165, 1.54) is 11.1 Å². The number of aromatic hydroxyl groups is 2. The Kier molecular flexibility index (Phi) is 6.46. The molecule has 136 valence electrons. The van der Waals surface area contributed by atoms with Crippen LogP contribution in [0.15, 0.2) is 78.9 Å². The van der Waals surface area contributed by atoms with Gasteiger partial charge in [-0.05, 0) is 40.8 Å². The molecule has 2 heteroatoms. The van der Waals surface area contributed by atoms with E-state index < -0.39 is 0 Å². The van der Waals surface area contributed by atoms with Gasteiger partial charge in [0.1, 0.15) is 11.5 Å². The quantitative estimate of drug-likeness (QED) is 0.588. The maximum absolute atomic E-state index is 9.29. The lowest BCUT2D eigenvalue weighted by molar-refractivity contribution is 0.465. The Balaban J connectivity index is 0.000000209. The summed E-state index contributed by atoms with van der Waals surface area (Å²) in [4.78, 5) is 0. The van der Waals surface area contributed by atoms with Gasteiger partial charge < -0.3 is 10.2 Å². The molecule has 26 heavy (non-hydrogen) atoms. The highest BCUT2D eigenvalue weighted by Crippen LogP contribution is 2.31. The molecule has 3 aromatic rings. The van der Waals surface area contributed by atoms with Crippen molar-refractivity contribution in [1.29, 1.82) is 0 Å². The minimum Gasteiger partial charge on any atom is -0.508 e. The monoisotopic (exact) mass is 348 g/mol. The third-order valence-electron chi connectivity index (χ3n) is 4.64. The Hall–Kier alpha value is -2.74. The van der Waals surface area contributed by atoms with Crippen LogP contribution in [0.2, 0.25) is 0 Å². The first-order valence-corrected chi connectivity index (χ1v) is 8.95. The Labute approximate surface area is 156 Å². The zero-order chi connectivity index (χ0) is 19.2. The maximum atomic E-state index is 9.29. The third kappa shape index (κ3) is 4.89. The number of hydrogen-bond donors (Lipinski definition) is 2. The predicted molar refractivity (Wildman–Crippen MR) is 109 cm³/mol. The third-order valence-corrected chi connectivity index (χ3v) is 4.64. The number of para-hydroxylation sites is 1. The largest absolute Gasteiger partial charge is 0.508 e. The first-order chi connectivity index (χ1) is 12.3. The molecular weight excluding hydrogens is 320 g/mol. The summed E-state index contributed by atoms with van der Waals surface area (Å²) in [6.45, 7) is 8.51. The molecule has 0 atom stereocenters. The molecular formula is C24H28O2. The van der Waals surface area contributed by atoms with Gasteiger partial charge in [0.25, 0.3) is 0 Å². The first-order valence-electron chi connectivity index (χ1n) is 8.95. The lowest BCUT2D eigenvalue weighted by atomic mass is 9.78. The van der Waals surface area contributed by atoms with Crippen LogP contribution >= 0.6 is 0 Å². The van der Waals surface area contributed by atoms with Crippen molar-refractivity contribution in [2.45, 2.75) is 39.0 Å². The van der Waals surface area contributed by atoms with Gasteiger partial charge in [-0.3, -0.25) is 0 Å². The zero-order valence-electron chi connectivity index (χ0n) is 16.0. The highest BCUT2D eigenvalue weighted by molar-refractivity contribution is 5.39. The van der Waals surface area contributed by atoms with Crippen LogP contribution in [0.25, 0.3) is 0 Å². The molecule has 0 fully saturated rings. The summed E-state index contributed by atoms with van der Waals surface area (Å²) in [5, 5.41) is 18.6. The van der Waals surface area contributed by atoms with Gasteiger partial charge in [0.2, 0.25) is 0 Å². The van der Waals surface area contributed by atoms with Gasteiger partial charge in [-0.25, -0.2) is 0 Å². The van der Waals surface area contributed by atoms with Crippen molar-refractivity contribution in [2.24, 2.45) is 0 Å². The molecule has 2 nitrogen and oxygen atoms in total. The van der Waals surface area contributed by atoms with Gasteiger partial charge in [0.05, 0.1) is 0 Å². The van der Waals surface area contributed by atoms with Crippen LogP contribution in [0.1, 0.15) is 50.3 Å². The topological polar surface area (TPSA) is 40.5 Å². The van der Waals surface area contributed by atoms with Gasteiger partial charge in [-0.2, -0.15) is 0 Å². The van der Waals surface area contributed by atoms with E-state index in [0.29, 0.717) is 17.4 Å². The smallest absolute Gasteiger partial charge is 0.119 e. The van der Waals surface area contributed by atoms with Gasteiger partial charge in [-0.1, -0.05) is 88.4 Å². The molecule has 0 saturated heterocycles. The number of phenolic OH excluding ortho intramolecular Hbond substituents is 2. The normalized spacial score (nSPS) is 11.0. The molecule has 2 N–H and O–H groups in total. The van der Waals surface area contributed by atoms with Gasteiger partial charge >= 0.3 is 0 Å². The van der Waals surface area contributed by atoms with E-state index in [-0.39, 0.29) is 5.41 Å². The van der Waals surface area contributed by atoms with Crippen molar-refractivity contribution in [3.05, 3.63) is 95.6 Å². The fraction of sp³-hybridized carbons (Fsp3) is 0.250. The van der Waals surface area contributed by atoms with Gasteiger partial charge in [0.15, 0.2) is 0 Å². The van der Waals surface area contributed by atoms with Crippen molar-refractivity contribution in [3.63, 3.8) is 0 Å². The predicted octanol–water partition coefficient (Wildman–Crippen LogP) is 6.23. The van der Waals surface area contributed by atoms with E-state index in [9.17, 15) is 10.2 Å². The second-order valence-electron chi connectivity index (χ2n) is 7.25. The van der Waals surface area contributed by atoms with E-state index >= 15 is 0 Å². The minimum atomic E-state index is -0.0328. The Bertz CT molecular complexity index is 803. The number of hydrogen-bond acceptors (Lipinski definition) is 2. The second kappa shape index (κ2) is 8.57. The minimum absolute atomic E-state index is 0.0328. The van der Waals surface area contributed by atoms with Crippen LogP contribution in [-0.2, 0) is 5.41 Å². The van der Waals surface area contributed by atoms with E-state index in [1.54, 1.807) is 18.2 Å². The van der Waals surface area contributed by atoms with Crippen LogP contribution in [-0.4, -0.2) is 10.2 Å². The summed E-state index contributed by atoms with van der Waals surface area (Å²) in [5.74, 6) is 1.12. The number of rotatable bonds is 3. The molecule has 0 aliphatic heterocycles. The molecule has 0 aliphatic carbocycles. The van der Waals surface area contributed by atoms with Gasteiger partial charge in [0, 0.05) is 5.41 Å². The van der Waals surface area contributed by atoms with Crippen molar-refractivity contribution in [3.8, 4) is 11.5 Å². The van der Waals surface area contributed by atoms with Crippen LogP contribution < -0.4 is 0 Å². The molecule has 0 radical (unpaired) electrons. The summed E-state index contributed by atoms with van der Waals surface area (Å²) in [7, 11) is 0. The average molecular weight is 348 g/mol. The van der Waals surface area contributed by atoms with Crippen molar-refractivity contribution < 1.29 is 10.2 Å². The first kappa shape index (κ1) is 19.6. The fourth-order valence-electron chi connectivity index (χ4n) is 2.88. The van der Waals surface area contributed by atoms with Crippen LogP contribution in [0.3, 0.4) is 0 Å². The average Bonchev–Trinajstić information content (AvgIpc) is 2.63. The summed E-state index contributed by atoms with van der Waals surface area (Å²) in [5.41, 5.74) is 3.47. The Morgan fingerprint density at radius 2 is 1.15 bits per heavy atom. The lowest BCUT2D eigenvalue weighted by Gasteiger charge is -2.26. The van der Waals surface area contributed by atoms with Gasteiger partial charge in [-0.15, -0.1) is 0 Å². The molecule has 0 amide bonds. The Morgan fingerprint density at radius 3 is 1.65 bits per heavy atom. The molecule has 0 bridgehead atoms. The maximum Gasteiger partial charge on any atom is 0.119 e. The standard InChI is InChI=1S/C15H16O.C9H12O/c1-15(2,12-6-4-3-5-7-12)13-8-10-14(16)11-9-13;1-7(2)8-5-3-4-6-9(8)10/h3-11,16H,1-2H3;3-7,10H,1-2H3. The highest BCUT2D eigenvalue weighted by atomic mass is 16.3. The summed E-state index contributed by atoms with van der Waals surface area (Å²) < 4.78 is 0. The van der Waals surface area contributed by atoms with E-state index in [1.807, 2.05) is 36.4 Å². The molecule has 3 aromatic carbocycles. The molecule has 0 heterocycles. The summed E-state index contributed by atoms with van der Waals surface area (Å²) in [6, 6.07) is 25.3. The Morgan fingerprint density at radius 1 is 0.654 bits per heavy atom. The van der Waals surface area contributed by atoms with Crippen LogP contribution in [0.5, 0.6) is 11.5 Å². The van der Waals surface area contributed by atoms with Crippen LogP contribution in [0.4, 0.5) is 0 Å². The van der Waals surface area contributed by atoms with E-state index in [0.717, 1.165) is 5.56 Å². The van der Waals surface area contributed by atoms with Crippen molar-refractivity contribution in [1.82, 2.24) is 0 Å². The number of phenols is 2. The van der Waals surface area contributed by atoms with E-state index in [4.69, 9.17) is 0 Å². The molecule has 0 unspecified atom stereocenters. The zero-order valence-corrected chi connectivity index (χ0v) is 16.0. The SMILES string of the molecule is CC(C)(c1ccccc1)c1ccc(O)cc1.CC(C)c1ccccc1O.